The Morgan fingerprint density at radius 2 is 2.06 bits per heavy atom. The number of amides is 2. The second-order valence-electron chi connectivity index (χ2n) is 7.32. The predicted octanol–water partition coefficient (Wildman–Crippen LogP) is 5.30. The summed E-state index contributed by atoms with van der Waals surface area (Å²) < 4.78 is 0.540. The molecule has 0 atom stereocenters. The molecule has 2 N–H and O–H groups in total. The number of H-pyrrole nitrogens is 1. The first-order chi connectivity index (χ1) is 14.8. The number of nitrogens with one attached hydrogen (secondary N) is 2. The Hall–Kier alpha value is -2.42. The van der Waals surface area contributed by atoms with Gasteiger partial charge >= 0.3 is 0 Å². The van der Waals surface area contributed by atoms with Gasteiger partial charge in [0.15, 0.2) is 11.5 Å². The summed E-state index contributed by atoms with van der Waals surface area (Å²) in [5.41, 5.74) is 1.36. The van der Waals surface area contributed by atoms with Crippen LogP contribution in [0.25, 0.3) is 0 Å². The normalized spacial score (nSPS) is 13.2. The van der Waals surface area contributed by atoms with Crippen molar-refractivity contribution in [3.63, 3.8) is 0 Å². The molecular weight excluding hydrogens is 505 g/mol. The van der Waals surface area contributed by atoms with E-state index < -0.39 is 5.91 Å². The number of halogens is 3. The Labute approximate surface area is 197 Å². The van der Waals surface area contributed by atoms with Crippen LogP contribution in [-0.4, -0.2) is 33.5 Å². The number of rotatable bonds is 6. The number of hydrogen-bond donors (Lipinski definition) is 2. The number of benzene rings is 1. The number of nitrogens with zero attached hydrogens (tertiary/aromatic N) is 3. The number of anilines is 2. The van der Waals surface area contributed by atoms with Crippen LogP contribution in [0.2, 0.25) is 10.0 Å². The molecule has 1 aromatic carbocycles. The third-order valence-corrected chi connectivity index (χ3v) is 5.82. The zero-order valence-corrected chi connectivity index (χ0v) is 19.6. The maximum atomic E-state index is 13.6. The van der Waals surface area contributed by atoms with Gasteiger partial charge in [0.2, 0.25) is 0 Å². The average molecular weight is 523 g/mol. The standard InChI is InChI=1S/C21H18BrCl2N5O2/c1-11-7-13(23)8-14(20(30)26-10-12-4-5-12)18(11)29(19-15(24)3-2-6-25-19)21(31)16-9-17(22)28-27-16/h2-3,6-9,12H,4-5,10H2,1H3,(H,26,30)(H,27,28). The predicted molar refractivity (Wildman–Crippen MR) is 123 cm³/mol. The Morgan fingerprint density at radius 3 is 2.71 bits per heavy atom. The maximum absolute atomic E-state index is 13.6. The molecule has 1 saturated carbocycles. The van der Waals surface area contributed by atoms with Gasteiger partial charge in [0.1, 0.15) is 4.60 Å². The van der Waals surface area contributed by atoms with Crippen LogP contribution in [0.15, 0.2) is 41.1 Å². The van der Waals surface area contributed by atoms with Crippen molar-refractivity contribution in [2.75, 3.05) is 11.4 Å². The Bertz CT molecular complexity index is 1160. The number of aryl methyl sites for hydroxylation is 1. The molecule has 2 amide bonds. The number of carbonyl (C=O) groups excluding carboxylic acids is 2. The first kappa shape index (κ1) is 21.8. The zero-order chi connectivity index (χ0) is 22.1. The van der Waals surface area contributed by atoms with E-state index in [0.717, 1.165) is 12.8 Å². The van der Waals surface area contributed by atoms with Crippen LogP contribution < -0.4 is 10.2 Å². The molecule has 0 bridgehead atoms. The molecular formula is C21H18BrCl2N5O2. The first-order valence-corrected chi connectivity index (χ1v) is 11.1. The molecule has 4 rings (SSSR count). The van der Waals surface area contributed by atoms with Crippen LogP contribution in [0.3, 0.4) is 0 Å². The highest BCUT2D eigenvalue weighted by Gasteiger charge is 2.31. The molecule has 0 unspecified atom stereocenters. The summed E-state index contributed by atoms with van der Waals surface area (Å²) >= 11 is 16.0. The minimum Gasteiger partial charge on any atom is -0.352 e. The lowest BCUT2D eigenvalue weighted by atomic mass is 10.0. The van der Waals surface area contributed by atoms with Gasteiger partial charge in [0, 0.05) is 23.8 Å². The number of carbonyl (C=O) groups is 2. The lowest BCUT2D eigenvalue weighted by Crippen LogP contribution is -2.32. The molecule has 1 aliphatic carbocycles. The van der Waals surface area contributed by atoms with Crippen molar-refractivity contribution in [3.8, 4) is 0 Å². The largest absolute Gasteiger partial charge is 0.352 e. The fourth-order valence-electron chi connectivity index (χ4n) is 3.23. The van der Waals surface area contributed by atoms with E-state index >= 15 is 0 Å². The Kier molecular flexibility index (Phi) is 6.31. The monoisotopic (exact) mass is 521 g/mol. The highest BCUT2D eigenvalue weighted by molar-refractivity contribution is 9.10. The van der Waals surface area contributed by atoms with E-state index in [1.165, 1.54) is 11.1 Å². The summed E-state index contributed by atoms with van der Waals surface area (Å²) in [6, 6.07) is 8.07. The van der Waals surface area contributed by atoms with Gasteiger partial charge in [-0.3, -0.25) is 19.6 Å². The van der Waals surface area contributed by atoms with Gasteiger partial charge in [-0.2, -0.15) is 5.10 Å². The van der Waals surface area contributed by atoms with Crippen molar-refractivity contribution in [2.24, 2.45) is 5.92 Å². The maximum Gasteiger partial charge on any atom is 0.284 e. The fourth-order valence-corrected chi connectivity index (χ4v) is 4.01. The van der Waals surface area contributed by atoms with Crippen molar-refractivity contribution < 1.29 is 9.59 Å². The molecule has 0 saturated heterocycles. The summed E-state index contributed by atoms with van der Waals surface area (Å²) in [5.74, 6) is -0.128. The van der Waals surface area contributed by atoms with Crippen molar-refractivity contribution >= 4 is 62.5 Å². The SMILES string of the molecule is Cc1cc(Cl)cc(C(=O)NCC2CC2)c1N(C(=O)c1cc(Br)[nH]n1)c1ncccc1Cl. The summed E-state index contributed by atoms with van der Waals surface area (Å²) in [4.78, 5) is 32.3. The third-order valence-electron chi connectivity index (χ3n) is 4.90. The fraction of sp³-hybridized carbons (Fsp3) is 0.238. The first-order valence-electron chi connectivity index (χ1n) is 9.59. The third kappa shape index (κ3) is 4.76. The van der Waals surface area contributed by atoms with Crippen LogP contribution >= 0.6 is 39.1 Å². The van der Waals surface area contributed by atoms with Gasteiger partial charge in [-0.25, -0.2) is 4.98 Å². The molecule has 0 spiro atoms. The van der Waals surface area contributed by atoms with E-state index in [1.54, 1.807) is 37.3 Å². The van der Waals surface area contributed by atoms with Gasteiger partial charge in [-0.15, -0.1) is 0 Å². The van der Waals surface area contributed by atoms with Gasteiger partial charge in [-0.05, 0) is 71.4 Å². The van der Waals surface area contributed by atoms with Crippen LogP contribution in [0.5, 0.6) is 0 Å². The van der Waals surface area contributed by atoms with Crippen LogP contribution in [-0.2, 0) is 0 Å². The van der Waals surface area contributed by atoms with Gasteiger partial charge in [0.05, 0.1) is 16.3 Å². The minimum absolute atomic E-state index is 0.132. The van der Waals surface area contributed by atoms with E-state index in [2.05, 4.69) is 36.4 Å². The molecule has 0 radical (unpaired) electrons. The number of hydrogen-bond acceptors (Lipinski definition) is 4. The second-order valence-corrected chi connectivity index (χ2v) is 9.02. The zero-order valence-electron chi connectivity index (χ0n) is 16.5. The van der Waals surface area contributed by atoms with E-state index in [0.29, 0.717) is 33.3 Å². The average Bonchev–Trinajstić information content (AvgIpc) is 3.47. The molecule has 2 aromatic heterocycles. The van der Waals surface area contributed by atoms with Crippen molar-refractivity contribution in [1.82, 2.24) is 20.5 Å². The summed E-state index contributed by atoms with van der Waals surface area (Å²) in [6.45, 7) is 2.35. The molecule has 31 heavy (non-hydrogen) atoms. The lowest BCUT2D eigenvalue weighted by Gasteiger charge is -2.26. The van der Waals surface area contributed by atoms with E-state index in [1.807, 2.05) is 0 Å². The molecule has 1 aliphatic rings. The topological polar surface area (TPSA) is 91.0 Å². The van der Waals surface area contributed by atoms with Crippen LogP contribution in [0.1, 0.15) is 39.3 Å². The van der Waals surface area contributed by atoms with E-state index in [4.69, 9.17) is 23.2 Å². The molecule has 0 aliphatic heterocycles. The molecule has 7 nitrogen and oxygen atoms in total. The molecule has 3 aromatic rings. The molecule has 160 valence electrons. The highest BCUT2D eigenvalue weighted by atomic mass is 79.9. The van der Waals surface area contributed by atoms with E-state index in [9.17, 15) is 9.59 Å². The van der Waals surface area contributed by atoms with Crippen molar-refractivity contribution in [1.29, 1.82) is 0 Å². The van der Waals surface area contributed by atoms with Crippen LogP contribution in [0.4, 0.5) is 11.5 Å². The van der Waals surface area contributed by atoms with Crippen LogP contribution in [0, 0.1) is 12.8 Å². The van der Waals surface area contributed by atoms with Gasteiger partial charge < -0.3 is 5.32 Å². The number of aromatic nitrogens is 3. The Morgan fingerprint density at radius 1 is 1.29 bits per heavy atom. The molecule has 2 heterocycles. The van der Waals surface area contributed by atoms with Crippen molar-refractivity contribution in [2.45, 2.75) is 19.8 Å². The Balaban J connectivity index is 1.87. The quantitative estimate of drug-likeness (QED) is 0.459. The van der Waals surface area contributed by atoms with Crippen molar-refractivity contribution in [3.05, 3.63) is 68.0 Å². The number of aromatic amines is 1. The minimum atomic E-state index is -0.496. The van der Waals surface area contributed by atoms with E-state index in [-0.39, 0.29) is 28.0 Å². The lowest BCUT2D eigenvalue weighted by molar-refractivity contribution is 0.0952. The highest BCUT2D eigenvalue weighted by Crippen LogP contribution is 2.37. The van der Waals surface area contributed by atoms with Gasteiger partial charge in [0.25, 0.3) is 11.8 Å². The summed E-state index contributed by atoms with van der Waals surface area (Å²) in [6.07, 6.45) is 3.73. The number of pyridine rings is 1. The summed E-state index contributed by atoms with van der Waals surface area (Å²) in [7, 11) is 0. The smallest absolute Gasteiger partial charge is 0.284 e. The van der Waals surface area contributed by atoms with Gasteiger partial charge in [-0.1, -0.05) is 23.2 Å². The summed E-state index contributed by atoms with van der Waals surface area (Å²) in [5, 5.41) is 10.3. The molecule has 10 heteroatoms. The second kappa shape index (κ2) is 8.98. The molecule has 1 fully saturated rings.